The number of carbonyl (C=O) groups is 1. The summed E-state index contributed by atoms with van der Waals surface area (Å²) in [7, 11) is 5.09. The Morgan fingerprint density at radius 1 is 1.16 bits per heavy atom. The predicted molar refractivity (Wildman–Crippen MR) is 97.5 cm³/mol. The monoisotopic (exact) mass is 339 g/mol. The molecule has 0 atom stereocenters. The molecule has 0 spiro atoms. The number of ether oxygens (including phenoxy) is 3. The van der Waals surface area contributed by atoms with E-state index in [9.17, 15) is 4.79 Å². The van der Waals surface area contributed by atoms with Gasteiger partial charge < -0.3 is 18.8 Å². The number of rotatable bonds is 6. The third kappa shape index (κ3) is 2.76. The smallest absolute Gasteiger partial charge is 0.189 e. The largest absolute Gasteiger partial charge is 0.493 e. The van der Waals surface area contributed by atoms with E-state index in [1.165, 1.54) is 0 Å². The fourth-order valence-corrected chi connectivity index (χ4v) is 3.35. The van der Waals surface area contributed by atoms with Gasteiger partial charge in [-0.2, -0.15) is 0 Å². The van der Waals surface area contributed by atoms with Gasteiger partial charge in [0.25, 0.3) is 0 Å². The van der Waals surface area contributed by atoms with E-state index in [1.54, 1.807) is 20.3 Å². The van der Waals surface area contributed by atoms with Crippen molar-refractivity contribution in [1.29, 1.82) is 0 Å². The van der Waals surface area contributed by atoms with Gasteiger partial charge >= 0.3 is 0 Å². The van der Waals surface area contributed by atoms with E-state index in [1.807, 2.05) is 36.7 Å². The van der Waals surface area contributed by atoms with Crippen molar-refractivity contribution < 1.29 is 19.0 Å². The number of aryl methyl sites for hydroxylation is 2. The van der Waals surface area contributed by atoms with E-state index in [0.717, 1.165) is 34.0 Å². The summed E-state index contributed by atoms with van der Waals surface area (Å²) < 4.78 is 18.3. The van der Waals surface area contributed by atoms with Crippen molar-refractivity contribution in [3.05, 3.63) is 47.5 Å². The second-order valence-electron chi connectivity index (χ2n) is 5.79. The molecule has 2 aromatic carbocycles. The Balaban J connectivity index is 2.41. The molecule has 0 unspecified atom stereocenters. The topological polar surface area (TPSA) is 49.7 Å². The van der Waals surface area contributed by atoms with Gasteiger partial charge in [0.15, 0.2) is 24.6 Å². The molecule has 0 aliphatic rings. The van der Waals surface area contributed by atoms with Gasteiger partial charge in [-0.15, -0.1) is 0 Å². The van der Waals surface area contributed by atoms with Gasteiger partial charge in [0.2, 0.25) is 0 Å². The average Bonchev–Trinajstić information content (AvgIpc) is 2.91. The number of methoxy groups -OCH3 is 2. The highest BCUT2D eigenvalue weighted by Gasteiger charge is 2.23. The highest BCUT2D eigenvalue weighted by atomic mass is 16.7. The standard InChI is InChI=1S/C20H21NO4/c1-13-17-15(11-22)10-16(24-4)20(25-12-23-3)19(17)21(2)18(13)14-8-6-5-7-9-14/h5-11H,12H2,1-4H3. The number of hydrogen-bond acceptors (Lipinski definition) is 4. The van der Waals surface area contributed by atoms with Crippen LogP contribution in [0.2, 0.25) is 0 Å². The summed E-state index contributed by atoms with van der Waals surface area (Å²) >= 11 is 0. The molecule has 0 saturated heterocycles. The Kier molecular flexibility index (Phi) is 4.76. The molecule has 3 rings (SSSR count). The zero-order chi connectivity index (χ0) is 18.0. The fourth-order valence-electron chi connectivity index (χ4n) is 3.35. The van der Waals surface area contributed by atoms with Crippen LogP contribution in [0.4, 0.5) is 0 Å². The number of aldehydes is 1. The van der Waals surface area contributed by atoms with Crippen molar-refractivity contribution in [2.24, 2.45) is 7.05 Å². The van der Waals surface area contributed by atoms with Crippen LogP contribution in [0.3, 0.4) is 0 Å². The maximum atomic E-state index is 11.7. The summed E-state index contributed by atoms with van der Waals surface area (Å²) in [6.07, 6.45) is 0.854. The Morgan fingerprint density at radius 3 is 2.48 bits per heavy atom. The van der Waals surface area contributed by atoms with Crippen LogP contribution in [0, 0.1) is 6.92 Å². The summed E-state index contributed by atoms with van der Waals surface area (Å²) in [4.78, 5) is 11.7. The van der Waals surface area contributed by atoms with E-state index in [4.69, 9.17) is 14.2 Å². The van der Waals surface area contributed by atoms with Crippen LogP contribution >= 0.6 is 0 Å². The van der Waals surface area contributed by atoms with E-state index >= 15 is 0 Å². The van der Waals surface area contributed by atoms with E-state index in [0.29, 0.717) is 17.1 Å². The van der Waals surface area contributed by atoms with Crippen molar-refractivity contribution >= 4 is 17.2 Å². The Morgan fingerprint density at radius 2 is 1.88 bits per heavy atom. The predicted octanol–water partition coefficient (Wildman–Crippen LogP) is 3.96. The Labute approximate surface area is 146 Å². The molecule has 0 aliphatic heterocycles. The number of nitrogens with zero attached hydrogens (tertiary/aromatic N) is 1. The molecule has 130 valence electrons. The molecule has 1 aromatic heterocycles. The van der Waals surface area contributed by atoms with Crippen LogP contribution in [0.1, 0.15) is 15.9 Å². The van der Waals surface area contributed by atoms with Crippen molar-refractivity contribution in [2.75, 3.05) is 21.0 Å². The molecule has 0 aliphatic carbocycles. The second-order valence-corrected chi connectivity index (χ2v) is 5.79. The summed E-state index contributed by atoms with van der Waals surface area (Å²) in [5, 5.41) is 0.864. The first-order valence-electron chi connectivity index (χ1n) is 7.96. The zero-order valence-electron chi connectivity index (χ0n) is 14.8. The molecule has 1 heterocycles. The van der Waals surface area contributed by atoms with Crippen LogP contribution in [0.5, 0.6) is 11.5 Å². The third-order valence-electron chi connectivity index (χ3n) is 4.37. The van der Waals surface area contributed by atoms with Crippen LogP contribution < -0.4 is 9.47 Å². The maximum absolute atomic E-state index is 11.7. The normalized spacial score (nSPS) is 10.9. The lowest BCUT2D eigenvalue weighted by Crippen LogP contribution is -2.04. The molecular formula is C20H21NO4. The van der Waals surface area contributed by atoms with Crippen molar-refractivity contribution in [3.63, 3.8) is 0 Å². The second kappa shape index (κ2) is 6.99. The van der Waals surface area contributed by atoms with Crippen LogP contribution in [0.25, 0.3) is 22.2 Å². The lowest BCUT2D eigenvalue weighted by atomic mass is 10.0. The molecule has 5 nitrogen and oxygen atoms in total. The molecule has 5 heteroatoms. The van der Waals surface area contributed by atoms with E-state index in [-0.39, 0.29) is 6.79 Å². The van der Waals surface area contributed by atoms with Gasteiger partial charge in [-0.25, -0.2) is 0 Å². The van der Waals surface area contributed by atoms with Crippen LogP contribution in [-0.4, -0.2) is 31.9 Å². The lowest BCUT2D eigenvalue weighted by Gasteiger charge is -2.14. The third-order valence-corrected chi connectivity index (χ3v) is 4.37. The van der Waals surface area contributed by atoms with Crippen LogP contribution in [-0.2, 0) is 11.8 Å². The minimum Gasteiger partial charge on any atom is -0.493 e. The van der Waals surface area contributed by atoms with E-state index < -0.39 is 0 Å². The molecular weight excluding hydrogens is 318 g/mol. The molecule has 0 saturated carbocycles. The number of benzene rings is 2. The first-order valence-corrected chi connectivity index (χ1v) is 7.96. The molecule has 0 radical (unpaired) electrons. The quantitative estimate of drug-likeness (QED) is 0.504. The average molecular weight is 339 g/mol. The first kappa shape index (κ1) is 17.0. The van der Waals surface area contributed by atoms with E-state index in [2.05, 4.69) is 12.1 Å². The molecule has 0 amide bonds. The van der Waals surface area contributed by atoms with Gasteiger partial charge in [0, 0.05) is 25.1 Å². The minimum absolute atomic E-state index is 0.0940. The van der Waals surface area contributed by atoms with Gasteiger partial charge in [0.05, 0.1) is 18.3 Å². The highest BCUT2D eigenvalue weighted by Crippen LogP contribution is 2.43. The van der Waals surface area contributed by atoms with Gasteiger partial charge in [-0.1, -0.05) is 30.3 Å². The SMILES string of the molecule is COCOc1c(OC)cc(C=O)c2c(C)c(-c3ccccc3)n(C)c12. The molecule has 3 aromatic rings. The Bertz CT molecular complexity index is 913. The van der Waals surface area contributed by atoms with Gasteiger partial charge in [-0.05, 0) is 24.1 Å². The molecule has 0 bridgehead atoms. The summed E-state index contributed by atoms with van der Waals surface area (Å²) in [6, 6.07) is 11.8. The number of hydrogen-bond donors (Lipinski definition) is 0. The lowest BCUT2D eigenvalue weighted by molar-refractivity contribution is 0.0501. The summed E-state index contributed by atoms with van der Waals surface area (Å²) in [6.45, 7) is 2.11. The Hall–Kier alpha value is -2.79. The van der Waals surface area contributed by atoms with Gasteiger partial charge in [0.1, 0.15) is 0 Å². The van der Waals surface area contributed by atoms with Crippen molar-refractivity contribution in [3.8, 4) is 22.8 Å². The van der Waals surface area contributed by atoms with Gasteiger partial charge in [-0.3, -0.25) is 4.79 Å². The number of aromatic nitrogens is 1. The minimum atomic E-state index is 0.0940. The number of fused-ring (bicyclic) bond motifs is 1. The summed E-state index contributed by atoms with van der Waals surface area (Å²) in [5.41, 5.74) is 4.53. The summed E-state index contributed by atoms with van der Waals surface area (Å²) in [5.74, 6) is 1.07. The van der Waals surface area contributed by atoms with Crippen molar-refractivity contribution in [1.82, 2.24) is 4.57 Å². The first-order chi connectivity index (χ1) is 12.1. The number of carbonyl (C=O) groups excluding carboxylic acids is 1. The molecule has 0 N–H and O–H groups in total. The molecule has 25 heavy (non-hydrogen) atoms. The van der Waals surface area contributed by atoms with Crippen molar-refractivity contribution in [2.45, 2.75) is 6.92 Å². The highest BCUT2D eigenvalue weighted by molar-refractivity contribution is 6.06. The molecule has 0 fully saturated rings. The van der Waals surface area contributed by atoms with Crippen LogP contribution in [0.15, 0.2) is 36.4 Å². The fraction of sp³-hybridized carbons (Fsp3) is 0.250. The zero-order valence-corrected chi connectivity index (χ0v) is 14.8. The maximum Gasteiger partial charge on any atom is 0.189 e.